The third kappa shape index (κ3) is 4.75. The maximum absolute atomic E-state index is 11.8. The molecule has 19 heavy (non-hydrogen) atoms. The lowest BCUT2D eigenvalue weighted by molar-refractivity contribution is -0.120. The van der Waals surface area contributed by atoms with Crippen LogP contribution in [0.1, 0.15) is 30.5 Å². The van der Waals surface area contributed by atoms with Crippen molar-refractivity contribution in [2.75, 3.05) is 19.6 Å². The Bertz CT molecular complexity index is 420. The number of hydrogen-bond acceptors (Lipinski definition) is 4. The third-order valence-electron chi connectivity index (χ3n) is 3.24. The maximum atomic E-state index is 11.8. The number of likely N-dealkylation sites (N-methyl/N-ethyl adjacent to an activating group) is 1. The van der Waals surface area contributed by atoms with Crippen molar-refractivity contribution in [3.63, 3.8) is 0 Å². The monoisotopic (exact) mass is 301 g/mol. The summed E-state index contributed by atoms with van der Waals surface area (Å²) in [6, 6.07) is 0.757. The minimum absolute atomic E-state index is 0.0438. The van der Waals surface area contributed by atoms with Crippen LogP contribution in [0, 0.1) is 0 Å². The van der Waals surface area contributed by atoms with Gasteiger partial charge in [0.05, 0.1) is 18.0 Å². The zero-order valence-electron chi connectivity index (χ0n) is 11.2. The molecule has 106 valence electrons. The van der Waals surface area contributed by atoms with Crippen molar-refractivity contribution in [3.8, 4) is 0 Å². The highest BCUT2D eigenvalue weighted by Crippen LogP contribution is 2.25. The van der Waals surface area contributed by atoms with E-state index in [1.807, 2.05) is 5.38 Å². The summed E-state index contributed by atoms with van der Waals surface area (Å²) in [5, 5.41) is 5.70. The molecule has 0 spiro atoms. The lowest BCUT2D eigenvalue weighted by atomic mass is 10.4. The van der Waals surface area contributed by atoms with Crippen molar-refractivity contribution in [3.05, 3.63) is 16.1 Å². The first kappa shape index (κ1) is 14.8. The maximum Gasteiger partial charge on any atom is 0.226 e. The number of hydrogen-bond donors (Lipinski definition) is 1. The Morgan fingerprint density at radius 2 is 2.42 bits per heavy atom. The van der Waals surface area contributed by atoms with Crippen LogP contribution in [0.5, 0.6) is 0 Å². The molecule has 1 N–H and O–H groups in total. The van der Waals surface area contributed by atoms with Gasteiger partial charge in [0.15, 0.2) is 0 Å². The van der Waals surface area contributed by atoms with Gasteiger partial charge in [0.25, 0.3) is 0 Å². The highest BCUT2D eigenvalue weighted by atomic mass is 35.5. The number of carbonyl (C=O) groups is 1. The Morgan fingerprint density at radius 1 is 1.63 bits per heavy atom. The quantitative estimate of drug-likeness (QED) is 0.747. The summed E-state index contributed by atoms with van der Waals surface area (Å²) in [5.41, 5.74) is 0.848. The molecule has 0 unspecified atom stereocenters. The summed E-state index contributed by atoms with van der Waals surface area (Å²) in [7, 11) is 0. The van der Waals surface area contributed by atoms with Crippen molar-refractivity contribution in [1.82, 2.24) is 15.2 Å². The number of thiazole rings is 1. The lowest BCUT2D eigenvalue weighted by Gasteiger charge is -2.19. The van der Waals surface area contributed by atoms with Gasteiger partial charge in [-0.2, -0.15) is 0 Å². The first-order valence-corrected chi connectivity index (χ1v) is 8.14. The van der Waals surface area contributed by atoms with Crippen LogP contribution in [0.25, 0.3) is 0 Å². The molecule has 1 fully saturated rings. The predicted molar refractivity (Wildman–Crippen MR) is 78.7 cm³/mol. The molecule has 0 bridgehead atoms. The summed E-state index contributed by atoms with van der Waals surface area (Å²) >= 11 is 7.18. The molecule has 2 rings (SSSR count). The second-order valence-electron chi connectivity index (χ2n) is 4.75. The molecule has 0 atom stereocenters. The molecular weight excluding hydrogens is 282 g/mol. The fraction of sp³-hybridized carbons (Fsp3) is 0.692. The number of aromatic nitrogens is 1. The molecule has 0 radical (unpaired) electrons. The standard InChI is InChI=1S/C13H20ClN3OS/c1-2-17(11-3-4-11)6-5-15-12(18)7-13-16-10(8-14)9-19-13/h9,11H,2-8H2,1H3,(H,15,18). The zero-order chi connectivity index (χ0) is 13.7. The minimum Gasteiger partial charge on any atom is -0.354 e. The molecule has 1 aromatic heterocycles. The lowest BCUT2D eigenvalue weighted by Crippen LogP contribution is -2.36. The Kier molecular flexibility index (Phi) is 5.60. The number of halogens is 1. The van der Waals surface area contributed by atoms with E-state index in [2.05, 4.69) is 22.1 Å². The number of rotatable bonds is 8. The van der Waals surface area contributed by atoms with Crippen molar-refractivity contribution in [1.29, 1.82) is 0 Å². The molecule has 0 aromatic carbocycles. The van der Waals surface area contributed by atoms with Crippen molar-refractivity contribution in [2.24, 2.45) is 0 Å². The Morgan fingerprint density at radius 3 is 3.00 bits per heavy atom. The van der Waals surface area contributed by atoms with Crippen LogP contribution in [0.3, 0.4) is 0 Å². The molecule has 1 saturated carbocycles. The number of amides is 1. The molecular formula is C13H20ClN3OS. The second kappa shape index (κ2) is 7.22. The first-order chi connectivity index (χ1) is 9.22. The number of carbonyl (C=O) groups excluding carboxylic acids is 1. The van der Waals surface area contributed by atoms with Crippen LogP contribution in [0.15, 0.2) is 5.38 Å². The van der Waals surface area contributed by atoms with Crippen LogP contribution >= 0.6 is 22.9 Å². The fourth-order valence-electron chi connectivity index (χ4n) is 2.07. The van der Waals surface area contributed by atoms with Crippen LogP contribution in [0.4, 0.5) is 0 Å². The van der Waals surface area contributed by atoms with Crippen LogP contribution in [-0.4, -0.2) is 41.5 Å². The third-order valence-corrected chi connectivity index (χ3v) is 4.41. The van der Waals surface area contributed by atoms with Gasteiger partial charge in [-0.3, -0.25) is 9.69 Å². The molecule has 1 amide bonds. The van der Waals surface area contributed by atoms with E-state index >= 15 is 0 Å². The summed E-state index contributed by atoms with van der Waals surface area (Å²) in [5.74, 6) is 0.452. The Labute approximate surface area is 123 Å². The van der Waals surface area contributed by atoms with Crippen molar-refractivity contribution in [2.45, 2.75) is 38.1 Å². The van der Waals surface area contributed by atoms with Gasteiger partial charge in [0, 0.05) is 24.5 Å². The molecule has 1 aliphatic carbocycles. The van der Waals surface area contributed by atoms with Gasteiger partial charge >= 0.3 is 0 Å². The SMILES string of the molecule is CCN(CCNC(=O)Cc1nc(CCl)cs1)C1CC1. The van der Waals surface area contributed by atoms with E-state index in [4.69, 9.17) is 11.6 Å². The molecule has 4 nitrogen and oxygen atoms in total. The largest absolute Gasteiger partial charge is 0.354 e. The van der Waals surface area contributed by atoms with Gasteiger partial charge in [-0.05, 0) is 19.4 Å². The summed E-state index contributed by atoms with van der Waals surface area (Å²) in [4.78, 5) is 18.5. The molecule has 1 aromatic rings. The summed E-state index contributed by atoms with van der Waals surface area (Å²) in [6.45, 7) is 4.89. The van der Waals surface area contributed by atoms with Crippen LogP contribution in [0.2, 0.25) is 0 Å². The highest BCUT2D eigenvalue weighted by Gasteiger charge is 2.27. The van der Waals surface area contributed by atoms with Crippen LogP contribution in [-0.2, 0) is 17.1 Å². The minimum atomic E-state index is 0.0438. The van der Waals surface area contributed by atoms with E-state index in [0.717, 1.165) is 36.4 Å². The summed E-state index contributed by atoms with van der Waals surface area (Å²) < 4.78 is 0. The van der Waals surface area contributed by atoms with Gasteiger partial charge in [0.1, 0.15) is 5.01 Å². The summed E-state index contributed by atoms with van der Waals surface area (Å²) in [6.07, 6.45) is 2.97. The smallest absolute Gasteiger partial charge is 0.226 e. The highest BCUT2D eigenvalue weighted by molar-refractivity contribution is 7.09. The van der Waals surface area contributed by atoms with Gasteiger partial charge in [-0.15, -0.1) is 22.9 Å². The van der Waals surface area contributed by atoms with Crippen molar-refractivity contribution < 1.29 is 4.79 Å². The van der Waals surface area contributed by atoms with Crippen LogP contribution < -0.4 is 5.32 Å². The van der Waals surface area contributed by atoms with E-state index in [1.165, 1.54) is 24.2 Å². The van der Waals surface area contributed by atoms with E-state index in [1.54, 1.807) is 0 Å². The zero-order valence-corrected chi connectivity index (χ0v) is 12.8. The Balaban J connectivity index is 1.66. The van der Waals surface area contributed by atoms with Gasteiger partial charge < -0.3 is 5.32 Å². The fourth-order valence-corrected chi connectivity index (χ4v) is 3.09. The van der Waals surface area contributed by atoms with E-state index < -0.39 is 0 Å². The van der Waals surface area contributed by atoms with E-state index in [0.29, 0.717) is 12.3 Å². The number of alkyl halides is 1. The molecule has 1 heterocycles. The number of nitrogens with zero attached hydrogens (tertiary/aromatic N) is 2. The molecule has 0 saturated heterocycles. The predicted octanol–water partition coefficient (Wildman–Crippen LogP) is 2.02. The van der Waals surface area contributed by atoms with Crippen molar-refractivity contribution >= 4 is 28.8 Å². The van der Waals surface area contributed by atoms with E-state index in [9.17, 15) is 4.79 Å². The Hall–Kier alpha value is -0.650. The van der Waals surface area contributed by atoms with E-state index in [-0.39, 0.29) is 5.91 Å². The molecule has 6 heteroatoms. The molecule has 0 aliphatic heterocycles. The van der Waals surface area contributed by atoms with Gasteiger partial charge in [-0.25, -0.2) is 4.98 Å². The van der Waals surface area contributed by atoms with Gasteiger partial charge in [0.2, 0.25) is 5.91 Å². The first-order valence-electron chi connectivity index (χ1n) is 6.73. The van der Waals surface area contributed by atoms with Gasteiger partial charge in [-0.1, -0.05) is 6.92 Å². The number of nitrogens with one attached hydrogen (secondary N) is 1. The normalized spacial score (nSPS) is 14.9. The molecule has 1 aliphatic rings. The average molecular weight is 302 g/mol. The second-order valence-corrected chi connectivity index (χ2v) is 5.96. The average Bonchev–Trinajstić information content (AvgIpc) is 3.15. The topological polar surface area (TPSA) is 45.2 Å².